The van der Waals surface area contributed by atoms with Crippen LogP contribution in [0.5, 0.6) is 0 Å². The monoisotopic (exact) mass is 282 g/mol. The highest BCUT2D eigenvalue weighted by Gasteiger charge is 2.08. The molecule has 6 nitrogen and oxygen atoms in total. The minimum atomic E-state index is 0.615. The van der Waals surface area contributed by atoms with Crippen molar-refractivity contribution in [1.82, 2.24) is 19.3 Å². The molecule has 18 heavy (non-hydrogen) atoms. The minimum absolute atomic E-state index is 0.615. The predicted octanol–water partition coefficient (Wildman–Crippen LogP) is 1.89. The van der Waals surface area contributed by atoms with Crippen LogP contribution in [0.3, 0.4) is 0 Å². The molecule has 2 aromatic rings. The zero-order valence-corrected chi connectivity index (χ0v) is 11.8. The smallest absolute Gasteiger partial charge is 0.176 e. The fourth-order valence-electron chi connectivity index (χ4n) is 1.27. The molecule has 2 heterocycles. The van der Waals surface area contributed by atoms with Crippen molar-refractivity contribution in [1.29, 1.82) is 0 Å². The lowest BCUT2D eigenvalue weighted by Gasteiger charge is -2.04. The SMILES string of the molecule is CCc1nc(NN)cc(Sc2nc(CC)ns2)n1. The summed E-state index contributed by atoms with van der Waals surface area (Å²) in [5.74, 6) is 7.62. The second kappa shape index (κ2) is 6.07. The molecule has 0 aliphatic carbocycles. The van der Waals surface area contributed by atoms with Crippen LogP contribution in [0.4, 0.5) is 5.82 Å². The second-order valence-electron chi connectivity index (χ2n) is 3.44. The molecule has 0 fully saturated rings. The molecule has 2 rings (SSSR count). The number of hydrogen-bond donors (Lipinski definition) is 2. The molecule has 8 heteroatoms. The molecule has 0 atom stereocenters. The van der Waals surface area contributed by atoms with E-state index in [1.54, 1.807) is 6.07 Å². The van der Waals surface area contributed by atoms with E-state index < -0.39 is 0 Å². The van der Waals surface area contributed by atoms with Gasteiger partial charge in [-0.05, 0) is 23.3 Å². The van der Waals surface area contributed by atoms with Crippen LogP contribution < -0.4 is 11.3 Å². The molecule has 0 bridgehead atoms. The van der Waals surface area contributed by atoms with Crippen molar-refractivity contribution >= 4 is 29.1 Å². The summed E-state index contributed by atoms with van der Waals surface area (Å²) in [6, 6.07) is 1.80. The first-order valence-corrected chi connectivity index (χ1v) is 7.19. The molecular weight excluding hydrogens is 268 g/mol. The van der Waals surface area contributed by atoms with Crippen LogP contribution in [-0.2, 0) is 12.8 Å². The normalized spacial score (nSPS) is 10.6. The zero-order valence-electron chi connectivity index (χ0n) is 10.2. The topological polar surface area (TPSA) is 89.6 Å². The van der Waals surface area contributed by atoms with Crippen LogP contribution in [0.25, 0.3) is 0 Å². The fourth-order valence-corrected chi connectivity index (χ4v) is 2.94. The average Bonchev–Trinajstić information content (AvgIpc) is 2.85. The van der Waals surface area contributed by atoms with E-state index in [-0.39, 0.29) is 0 Å². The fraction of sp³-hybridized carbons (Fsp3) is 0.400. The standard InChI is InChI=1S/C10H14N6S2/c1-3-6-12-8(15-11)5-9(13-6)17-10-14-7(4-2)16-18-10/h5H,3-4,11H2,1-2H3,(H,12,13,15). The molecular formula is C10H14N6S2. The van der Waals surface area contributed by atoms with Crippen LogP contribution >= 0.6 is 23.3 Å². The number of rotatable bonds is 5. The van der Waals surface area contributed by atoms with Gasteiger partial charge in [0, 0.05) is 18.9 Å². The summed E-state index contributed by atoms with van der Waals surface area (Å²) in [6.45, 7) is 4.04. The summed E-state index contributed by atoms with van der Waals surface area (Å²) in [5, 5.41) is 0.827. The third-order valence-electron chi connectivity index (χ3n) is 2.17. The van der Waals surface area contributed by atoms with E-state index >= 15 is 0 Å². The van der Waals surface area contributed by atoms with E-state index in [1.807, 2.05) is 13.8 Å². The molecule has 0 spiro atoms. The summed E-state index contributed by atoms with van der Waals surface area (Å²) in [4.78, 5) is 13.1. The third kappa shape index (κ3) is 3.15. The molecule has 0 aliphatic rings. The van der Waals surface area contributed by atoms with Gasteiger partial charge in [-0.15, -0.1) is 0 Å². The van der Waals surface area contributed by atoms with Crippen molar-refractivity contribution in [2.45, 2.75) is 36.1 Å². The summed E-state index contributed by atoms with van der Waals surface area (Å²) < 4.78 is 5.13. The number of nitrogen functional groups attached to an aromatic ring is 1. The molecule has 0 aromatic carbocycles. The van der Waals surface area contributed by atoms with E-state index in [9.17, 15) is 0 Å². The summed E-state index contributed by atoms with van der Waals surface area (Å²) >= 11 is 2.87. The Morgan fingerprint density at radius 3 is 2.61 bits per heavy atom. The first kappa shape index (κ1) is 13.2. The lowest BCUT2D eigenvalue weighted by Crippen LogP contribution is -2.10. The van der Waals surface area contributed by atoms with Crippen molar-refractivity contribution < 1.29 is 0 Å². The number of nitrogens with zero attached hydrogens (tertiary/aromatic N) is 4. The number of nitrogens with two attached hydrogens (primary N) is 1. The van der Waals surface area contributed by atoms with Gasteiger partial charge in [-0.25, -0.2) is 20.8 Å². The Hall–Kier alpha value is -1.25. The van der Waals surface area contributed by atoms with E-state index in [4.69, 9.17) is 5.84 Å². The number of hydrogen-bond acceptors (Lipinski definition) is 8. The molecule has 3 N–H and O–H groups in total. The largest absolute Gasteiger partial charge is 0.308 e. The Labute approximate surface area is 114 Å². The maximum absolute atomic E-state index is 5.39. The van der Waals surface area contributed by atoms with Crippen molar-refractivity contribution in [2.75, 3.05) is 5.43 Å². The number of aromatic nitrogens is 4. The predicted molar refractivity (Wildman–Crippen MR) is 72.6 cm³/mol. The quantitative estimate of drug-likeness (QED) is 0.491. The van der Waals surface area contributed by atoms with Crippen LogP contribution in [0, 0.1) is 0 Å². The molecule has 0 unspecified atom stereocenters. The molecule has 0 radical (unpaired) electrons. The van der Waals surface area contributed by atoms with Gasteiger partial charge in [0.25, 0.3) is 0 Å². The molecule has 0 saturated heterocycles. The van der Waals surface area contributed by atoms with Crippen molar-refractivity contribution in [3.63, 3.8) is 0 Å². The Morgan fingerprint density at radius 1 is 1.22 bits per heavy atom. The van der Waals surface area contributed by atoms with Gasteiger partial charge >= 0.3 is 0 Å². The highest BCUT2D eigenvalue weighted by atomic mass is 32.2. The van der Waals surface area contributed by atoms with Crippen molar-refractivity contribution in [2.24, 2.45) is 5.84 Å². The van der Waals surface area contributed by atoms with E-state index in [0.29, 0.717) is 5.82 Å². The van der Waals surface area contributed by atoms with Crippen molar-refractivity contribution in [3.05, 3.63) is 17.7 Å². The maximum atomic E-state index is 5.39. The Bertz CT molecular complexity index is 505. The molecule has 0 aliphatic heterocycles. The molecule has 0 amide bonds. The van der Waals surface area contributed by atoms with Gasteiger partial charge in [0.15, 0.2) is 4.34 Å². The number of hydrazine groups is 1. The van der Waals surface area contributed by atoms with Crippen LogP contribution in [0.15, 0.2) is 15.4 Å². The average molecular weight is 282 g/mol. The van der Waals surface area contributed by atoms with Crippen LogP contribution in [0.2, 0.25) is 0 Å². The lowest BCUT2D eigenvalue weighted by molar-refractivity contribution is 0.887. The molecule has 96 valence electrons. The highest BCUT2D eigenvalue weighted by molar-refractivity contribution is 8.00. The summed E-state index contributed by atoms with van der Waals surface area (Å²) in [5.41, 5.74) is 2.55. The highest BCUT2D eigenvalue weighted by Crippen LogP contribution is 2.28. The third-order valence-corrected chi connectivity index (χ3v) is 3.88. The summed E-state index contributed by atoms with van der Waals surface area (Å²) in [6.07, 6.45) is 1.61. The Kier molecular flexibility index (Phi) is 4.45. The van der Waals surface area contributed by atoms with Gasteiger partial charge in [0.2, 0.25) is 0 Å². The van der Waals surface area contributed by atoms with Gasteiger partial charge in [0.05, 0.1) is 0 Å². The first-order chi connectivity index (χ1) is 8.75. The first-order valence-electron chi connectivity index (χ1n) is 5.60. The van der Waals surface area contributed by atoms with Gasteiger partial charge in [0.1, 0.15) is 22.5 Å². The van der Waals surface area contributed by atoms with E-state index in [0.717, 1.165) is 33.9 Å². The Balaban J connectivity index is 2.22. The van der Waals surface area contributed by atoms with Gasteiger partial charge in [-0.3, -0.25) is 0 Å². The van der Waals surface area contributed by atoms with Crippen molar-refractivity contribution in [3.8, 4) is 0 Å². The minimum Gasteiger partial charge on any atom is -0.308 e. The molecule has 2 aromatic heterocycles. The molecule has 0 saturated carbocycles. The zero-order chi connectivity index (χ0) is 13.0. The van der Waals surface area contributed by atoms with Crippen LogP contribution in [-0.4, -0.2) is 19.3 Å². The number of anilines is 1. The van der Waals surface area contributed by atoms with Gasteiger partial charge < -0.3 is 5.43 Å². The van der Waals surface area contributed by atoms with E-state index in [1.165, 1.54) is 23.3 Å². The van der Waals surface area contributed by atoms with Gasteiger partial charge in [-0.2, -0.15) is 4.37 Å². The number of nitrogens with one attached hydrogen (secondary N) is 1. The van der Waals surface area contributed by atoms with E-state index in [2.05, 4.69) is 24.8 Å². The van der Waals surface area contributed by atoms with Gasteiger partial charge in [-0.1, -0.05) is 13.8 Å². The second-order valence-corrected chi connectivity index (χ2v) is 5.46. The lowest BCUT2D eigenvalue weighted by atomic mass is 10.4. The number of aryl methyl sites for hydroxylation is 2. The van der Waals surface area contributed by atoms with Crippen LogP contribution in [0.1, 0.15) is 25.5 Å². The summed E-state index contributed by atoms with van der Waals surface area (Å²) in [7, 11) is 0. The maximum Gasteiger partial charge on any atom is 0.176 e. The Morgan fingerprint density at radius 2 is 2.00 bits per heavy atom.